The quantitative estimate of drug-likeness (QED) is 0.515. The fourth-order valence-corrected chi connectivity index (χ4v) is 0.776. The highest BCUT2D eigenvalue weighted by atomic mass is 16.3. The third kappa shape index (κ3) is 2.28. The Kier molecular flexibility index (Phi) is 1.29. The summed E-state index contributed by atoms with van der Waals surface area (Å²) >= 11 is 0. The first kappa shape index (κ1) is 6.05. The lowest BCUT2D eigenvalue weighted by atomic mass is 10.1. The maximum atomic E-state index is 9.19. The van der Waals surface area contributed by atoms with Crippen LogP contribution in [-0.4, -0.2) is 35.2 Å². The van der Waals surface area contributed by atoms with Crippen LogP contribution < -0.4 is 0 Å². The first-order chi connectivity index (χ1) is 3.58. The van der Waals surface area contributed by atoms with Crippen LogP contribution in [0.2, 0.25) is 0 Å². The summed E-state index contributed by atoms with van der Waals surface area (Å²) in [5, 5.41) is 9.19. The Bertz CT molecular complexity index is 81.0. The number of hydrogen-bond donors (Lipinski definition) is 1. The molecule has 0 atom stereocenters. The van der Waals surface area contributed by atoms with Gasteiger partial charge in [-0.15, -0.1) is 0 Å². The van der Waals surface area contributed by atoms with Crippen LogP contribution >= 0.6 is 0 Å². The van der Waals surface area contributed by atoms with Gasteiger partial charge in [0.2, 0.25) is 0 Å². The van der Waals surface area contributed by atoms with Crippen molar-refractivity contribution in [1.82, 2.24) is 4.90 Å². The van der Waals surface area contributed by atoms with Gasteiger partial charge in [-0.2, -0.15) is 0 Å². The molecule has 48 valence electrons. The topological polar surface area (TPSA) is 23.2 Å². The molecule has 2 nitrogen and oxygen atoms in total. The Balaban J connectivity index is 2.16. The molecule has 0 radical (unpaired) electrons. The van der Waals surface area contributed by atoms with E-state index in [0.29, 0.717) is 0 Å². The molecule has 1 aliphatic heterocycles. The lowest BCUT2D eigenvalue weighted by Crippen LogP contribution is -2.28. The highest BCUT2D eigenvalue weighted by Gasteiger charge is 2.24. The average Bonchev–Trinajstić information content (AvgIpc) is 2.12. The summed E-state index contributed by atoms with van der Waals surface area (Å²) in [6.45, 7) is 6.84. The van der Waals surface area contributed by atoms with Gasteiger partial charge in [0.25, 0.3) is 0 Å². The molecule has 0 aliphatic carbocycles. The highest BCUT2D eigenvalue weighted by Crippen LogP contribution is 2.10. The minimum Gasteiger partial charge on any atom is -0.389 e. The fraction of sp³-hybridized carbons (Fsp3) is 1.00. The van der Waals surface area contributed by atoms with Crippen LogP contribution in [0.1, 0.15) is 13.8 Å². The average molecular weight is 115 g/mol. The Morgan fingerprint density at radius 2 is 2.00 bits per heavy atom. The van der Waals surface area contributed by atoms with E-state index in [1.807, 2.05) is 13.8 Å². The lowest BCUT2D eigenvalue weighted by molar-refractivity contribution is 0.0648. The summed E-state index contributed by atoms with van der Waals surface area (Å²) in [5.74, 6) is 0. The van der Waals surface area contributed by atoms with Crippen LogP contribution in [0.15, 0.2) is 0 Å². The second-order valence-electron chi connectivity index (χ2n) is 3.09. The predicted octanol–water partition coefficient (Wildman–Crippen LogP) is 0.0729. The minimum absolute atomic E-state index is 0.490. The molecule has 0 bridgehead atoms. The molecular formula is C6H13NO. The van der Waals surface area contributed by atoms with Crippen LogP contribution in [0.4, 0.5) is 0 Å². The van der Waals surface area contributed by atoms with E-state index in [4.69, 9.17) is 0 Å². The fourth-order valence-electron chi connectivity index (χ4n) is 0.776. The van der Waals surface area contributed by atoms with E-state index >= 15 is 0 Å². The van der Waals surface area contributed by atoms with E-state index in [9.17, 15) is 5.11 Å². The summed E-state index contributed by atoms with van der Waals surface area (Å²) < 4.78 is 0. The normalized spacial score (nSPS) is 21.4. The van der Waals surface area contributed by atoms with Gasteiger partial charge < -0.3 is 5.11 Å². The van der Waals surface area contributed by atoms with E-state index in [-0.39, 0.29) is 0 Å². The molecule has 0 aromatic rings. The number of rotatable bonds is 2. The largest absolute Gasteiger partial charge is 0.389 e. The standard InChI is InChI=1S/C6H13NO/c1-6(2,8)5-7-3-4-7/h8H,3-5H2,1-2H3. The van der Waals surface area contributed by atoms with Gasteiger partial charge in [-0.1, -0.05) is 0 Å². The van der Waals surface area contributed by atoms with E-state index in [1.54, 1.807) is 0 Å². The molecule has 0 unspecified atom stereocenters. The SMILES string of the molecule is CC(C)(O)CN1CC1. The highest BCUT2D eigenvalue weighted by molar-refractivity contribution is 4.80. The van der Waals surface area contributed by atoms with E-state index < -0.39 is 5.60 Å². The predicted molar refractivity (Wildman–Crippen MR) is 32.7 cm³/mol. The van der Waals surface area contributed by atoms with Gasteiger partial charge in [0.05, 0.1) is 5.60 Å². The van der Waals surface area contributed by atoms with Gasteiger partial charge in [-0.25, -0.2) is 0 Å². The number of β-amino-alcohol motifs (C(OH)–C–C–N with tert-alkyl or cyclic N) is 1. The molecule has 0 saturated carbocycles. The Labute approximate surface area is 50.1 Å². The van der Waals surface area contributed by atoms with Crippen molar-refractivity contribution in [1.29, 1.82) is 0 Å². The first-order valence-electron chi connectivity index (χ1n) is 3.03. The zero-order valence-corrected chi connectivity index (χ0v) is 5.52. The molecule has 1 fully saturated rings. The van der Waals surface area contributed by atoms with Crippen molar-refractivity contribution in [2.24, 2.45) is 0 Å². The molecular weight excluding hydrogens is 102 g/mol. The zero-order valence-electron chi connectivity index (χ0n) is 5.52. The number of aliphatic hydroxyl groups is 1. The van der Waals surface area contributed by atoms with Crippen molar-refractivity contribution in [3.8, 4) is 0 Å². The molecule has 0 amide bonds. The van der Waals surface area contributed by atoms with Crippen LogP contribution in [-0.2, 0) is 0 Å². The van der Waals surface area contributed by atoms with Gasteiger partial charge in [-0.05, 0) is 13.8 Å². The molecule has 0 spiro atoms. The van der Waals surface area contributed by atoms with Crippen molar-refractivity contribution in [2.45, 2.75) is 19.4 Å². The monoisotopic (exact) mass is 115 g/mol. The summed E-state index contributed by atoms with van der Waals surface area (Å²) in [5.41, 5.74) is -0.490. The van der Waals surface area contributed by atoms with Crippen molar-refractivity contribution in [3.05, 3.63) is 0 Å². The van der Waals surface area contributed by atoms with Crippen LogP contribution in [0, 0.1) is 0 Å². The summed E-state index contributed by atoms with van der Waals surface area (Å²) in [6, 6.07) is 0. The molecule has 1 N–H and O–H groups in total. The number of nitrogens with zero attached hydrogens (tertiary/aromatic N) is 1. The maximum absolute atomic E-state index is 9.19. The summed E-state index contributed by atoms with van der Waals surface area (Å²) in [4.78, 5) is 2.21. The molecule has 8 heavy (non-hydrogen) atoms. The Morgan fingerprint density at radius 1 is 1.50 bits per heavy atom. The van der Waals surface area contributed by atoms with E-state index in [1.165, 1.54) is 13.1 Å². The third-order valence-corrected chi connectivity index (χ3v) is 1.15. The molecule has 1 rings (SSSR count). The van der Waals surface area contributed by atoms with Gasteiger partial charge >= 0.3 is 0 Å². The van der Waals surface area contributed by atoms with Crippen LogP contribution in [0.3, 0.4) is 0 Å². The zero-order chi connectivity index (χ0) is 6.20. The second-order valence-corrected chi connectivity index (χ2v) is 3.09. The first-order valence-corrected chi connectivity index (χ1v) is 3.03. The van der Waals surface area contributed by atoms with Gasteiger partial charge in [-0.3, -0.25) is 4.90 Å². The van der Waals surface area contributed by atoms with Crippen molar-refractivity contribution in [2.75, 3.05) is 19.6 Å². The minimum atomic E-state index is -0.490. The van der Waals surface area contributed by atoms with Gasteiger partial charge in [0.1, 0.15) is 0 Å². The molecule has 1 saturated heterocycles. The lowest BCUT2D eigenvalue weighted by Gasteiger charge is -2.16. The van der Waals surface area contributed by atoms with Crippen LogP contribution in [0.25, 0.3) is 0 Å². The van der Waals surface area contributed by atoms with E-state index in [0.717, 1.165) is 6.54 Å². The maximum Gasteiger partial charge on any atom is 0.0718 e. The Morgan fingerprint density at radius 3 is 2.12 bits per heavy atom. The number of hydrogen-bond acceptors (Lipinski definition) is 2. The molecule has 2 heteroatoms. The molecule has 0 aromatic heterocycles. The van der Waals surface area contributed by atoms with Crippen molar-refractivity contribution >= 4 is 0 Å². The van der Waals surface area contributed by atoms with Crippen LogP contribution in [0.5, 0.6) is 0 Å². The smallest absolute Gasteiger partial charge is 0.0718 e. The molecule has 1 aliphatic rings. The summed E-state index contributed by atoms with van der Waals surface area (Å²) in [6.07, 6.45) is 0. The molecule has 0 aromatic carbocycles. The molecule has 1 heterocycles. The van der Waals surface area contributed by atoms with Crippen molar-refractivity contribution < 1.29 is 5.11 Å². The third-order valence-electron chi connectivity index (χ3n) is 1.15. The summed E-state index contributed by atoms with van der Waals surface area (Å²) in [7, 11) is 0. The second kappa shape index (κ2) is 1.71. The van der Waals surface area contributed by atoms with Gasteiger partial charge in [0, 0.05) is 19.6 Å². The van der Waals surface area contributed by atoms with E-state index in [2.05, 4.69) is 4.90 Å². The Hall–Kier alpha value is -0.0800. The van der Waals surface area contributed by atoms with Crippen molar-refractivity contribution in [3.63, 3.8) is 0 Å². The van der Waals surface area contributed by atoms with Gasteiger partial charge in [0.15, 0.2) is 0 Å².